The molecule has 8 heavy (non-hydrogen) atoms. The third-order valence-electron chi connectivity index (χ3n) is 0.557. The zero-order chi connectivity index (χ0) is 5.98. The van der Waals surface area contributed by atoms with Crippen LogP contribution in [-0.4, -0.2) is 10.2 Å². The third-order valence-corrected chi connectivity index (χ3v) is 1.99. The van der Waals surface area contributed by atoms with Gasteiger partial charge in [0.05, 0.1) is 5.88 Å². The highest BCUT2D eigenvalue weighted by molar-refractivity contribution is 7.15. The summed E-state index contributed by atoms with van der Waals surface area (Å²) in [4.78, 5) is 0. The molecular formula is C3H2Cl2N2S. The predicted molar refractivity (Wildman–Crippen MR) is 34.5 cm³/mol. The number of alkyl halides is 1. The number of halogens is 2. The Kier molecular flexibility index (Phi) is 2.05. The van der Waals surface area contributed by atoms with Crippen LogP contribution in [0.4, 0.5) is 0 Å². The van der Waals surface area contributed by atoms with Crippen molar-refractivity contribution in [3.8, 4) is 0 Å². The van der Waals surface area contributed by atoms with Gasteiger partial charge in [0.1, 0.15) is 5.01 Å². The monoisotopic (exact) mass is 168 g/mol. The Morgan fingerprint density at radius 2 is 2.25 bits per heavy atom. The van der Waals surface area contributed by atoms with Crippen LogP contribution in [-0.2, 0) is 5.88 Å². The topological polar surface area (TPSA) is 25.8 Å². The summed E-state index contributed by atoms with van der Waals surface area (Å²) in [5.41, 5.74) is 0. The minimum atomic E-state index is 0.393. The van der Waals surface area contributed by atoms with Crippen LogP contribution < -0.4 is 0 Å². The Hall–Kier alpha value is 0.140. The first-order valence-corrected chi connectivity index (χ1v) is 3.59. The van der Waals surface area contributed by atoms with E-state index in [2.05, 4.69) is 10.2 Å². The molecule has 1 aromatic rings. The van der Waals surface area contributed by atoms with Crippen molar-refractivity contribution in [3.05, 3.63) is 9.47 Å². The molecule has 0 aromatic carbocycles. The van der Waals surface area contributed by atoms with Gasteiger partial charge in [-0.25, -0.2) is 0 Å². The van der Waals surface area contributed by atoms with Gasteiger partial charge in [0.25, 0.3) is 0 Å². The smallest absolute Gasteiger partial charge is 0.141 e. The molecule has 0 spiro atoms. The van der Waals surface area contributed by atoms with Crippen molar-refractivity contribution in [2.45, 2.75) is 5.88 Å². The zero-order valence-corrected chi connectivity index (χ0v) is 6.09. The second kappa shape index (κ2) is 2.62. The highest BCUT2D eigenvalue weighted by Gasteiger charge is 1.96. The van der Waals surface area contributed by atoms with Crippen LogP contribution in [0.25, 0.3) is 0 Å². The van der Waals surface area contributed by atoms with E-state index in [4.69, 9.17) is 23.2 Å². The molecule has 0 aliphatic heterocycles. The highest BCUT2D eigenvalue weighted by atomic mass is 35.5. The van der Waals surface area contributed by atoms with Crippen LogP contribution in [0, 0.1) is 0 Å². The molecule has 0 amide bonds. The Balaban J connectivity index is 2.84. The summed E-state index contributed by atoms with van der Waals surface area (Å²) in [7, 11) is 0. The quantitative estimate of drug-likeness (QED) is 0.600. The van der Waals surface area contributed by atoms with Gasteiger partial charge in [-0.05, 0) is 11.6 Å². The summed E-state index contributed by atoms with van der Waals surface area (Å²) in [6.45, 7) is 0. The fraction of sp³-hybridized carbons (Fsp3) is 0.333. The van der Waals surface area contributed by atoms with Crippen LogP contribution in [0.15, 0.2) is 0 Å². The maximum absolute atomic E-state index is 5.43. The van der Waals surface area contributed by atoms with E-state index in [9.17, 15) is 0 Å². The zero-order valence-electron chi connectivity index (χ0n) is 3.77. The van der Waals surface area contributed by atoms with E-state index in [0.717, 1.165) is 5.01 Å². The van der Waals surface area contributed by atoms with E-state index in [0.29, 0.717) is 10.3 Å². The molecule has 1 rings (SSSR count). The first-order valence-electron chi connectivity index (χ1n) is 1.87. The van der Waals surface area contributed by atoms with E-state index in [1.54, 1.807) is 0 Å². The Morgan fingerprint density at radius 3 is 2.50 bits per heavy atom. The number of hydrogen-bond donors (Lipinski definition) is 0. The first kappa shape index (κ1) is 6.26. The number of hydrogen-bond acceptors (Lipinski definition) is 3. The van der Waals surface area contributed by atoms with Crippen molar-refractivity contribution in [1.29, 1.82) is 0 Å². The van der Waals surface area contributed by atoms with Crippen molar-refractivity contribution < 1.29 is 0 Å². The van der Waals surface area contributed by atoms with Gasteiger partial charge in [-0.15, -0.1) is 21.8 Å². The maximum atomic E-state index is 5.43. The summed E-state index contributed by atoms with van der Waals surface area (Å²) in [5, 5.41) is 7.94. The second-order valence-electron chi connectivity index (χ2n) is 1.08. The molecule has 0 aliphatic rings. The minimum absolute atomic E-state index is 0.393. The summed E-state index contributed by atoms with van der Waals surface area (Å²) in [6, 6.07) is 0. The molecular weight excluding hydrogens is 167 g/mol. The normalized spacial score (nSPS) is 9.75. The van der Waals surface area contributed by atoms with Crippen LogP contribution in [0.1, 0.15) is 5.01 Å². The highest BCUT2D eigenvalue weighted by Crippen LogP contribution is 2.15. The molecule has 2 nitrogen and oxygen atoms in total. The van der Waals surface area contributed by atoms with Crippen LogP contribution in [0.3, 0.4) is 0 Å². The largest absolute Gasteiger partial charge is 0.207 e. The van der Waals surface area contributed by atoms with Crippen LogP contribution in [0.5, 0.6) is 0 Å². The van der Waals surface area contributed by atoms with Gasteiger partial charge in [-0.1, -0.05) is 11.3 Å². The van der Waals surface area contributed by atoms with Crippen LogP contribution >= 0.6 is 34.5 Å². The lowest BCUT2D eigenvalue weighted by atomic mass is 10.9. The van der Waals surface area contributed by atoms with Gasteiger partial charge in [0.2, 0.25) is 4.47 Å². The fourth-order valence-corrected chi connectivity index (χ4v) is 1.22. The van der Waals surface area contributed by atoms with Gasteiger partial charge in [0.15, 0.2) is 0 Å². The second-order valence-corrected chi connectivity index (χ2v) is 2.99. The molecule has 0 N–H and O–H groups in total. The SMILES string of the molecule is ClCc1nnc(Cl)s1. The minimum Gasteiger partial charge on any atom is -0.141 e. The van der Waals surface area contributed by atoms with E-state index >= 15 is 0 Å². The molecule has 0 radical (unpaired) electrons. The molecule has 0 bridgehead atoms. The number of rotatable bonds is 1. The standard InChI is InChI=1S/C3H2Cl2N2S/c4-1-2-6-7-3(5)8-2/h1H2. The fourth-order valence-electron chi connectivity index (χ4n) is 0.287. The average Bonchev–Trinajstić information content (AvgIpc) is 2.14. The van der Waals surface area contributed by atoms with Gasteiger partial charge in [-0.3, -0.25) is 0 Å². The summed E-state index contributed by atoms with van der Waals surface area (Å²) < 4.78 is 0.445. The summed E-state index contributed by atoms with van der Waals surface area (Å²) in [5.74, 6) is 0.393. The van der Waals surface area contributed by atoms with Crippen molar-refractivity contribution in [3.63, 3.8) is 0 Å². The van der Waals surface area contributed by atoms with Gasteiger partial charge < -0.3 is 0 Å². The Labute approximate surface area is 60.5 Å². The van der Waals surface area contributed by atoms with E-state index < -0.39 is 0 Å². The van der Waals surface area contributed by atoms with Crippen molar-refractivity contribution in [2.24, 2.45) is 0 Å². The molecule has 0 saturated carbocycles. The number of aromatic nitrogens is 2. The Morgan fingerprint density at radius 1 is 1.50 bits per heavy atom. The van der Waals surface area contributed by atoms with Crippen LogP contribution in [0.2, 0.25) is 4.47 Å². The van der Waals surface area contributed by atoms with Gasteiger partial charge in [0, 0.05) is 0 Å². The Bertz CT molecular complexity index is 176. The lowest BCUT2D eigenvalue weighted by molar-refractivity contribution is 1.04. The molecule has 0 fully saturated rings. The van der Waals surface area contributed by atoms with Crippen molar-refractivity contribution in [2.75, 3.05) is 0 Å². The summed E-state index contributed by atoms with van der Waals surface area (Å²) in [6.07, 6.45) is 0. The van der Waals surface area contributed by atoms with E-state index in [1.807, 2.05) is 0 Å². The molecule has 0 atom stereocenters. The molecule has 1 heterocycles. The molecule has 0 unspecified atom stereocenters. The molecule has 44 valence electrons. The first-order chi connectivity index (χ1) is 3.83. The average molecular weight is 169 g/mol. The van der Waals surface area contributed by atoms with Gasteiger partial charge in [-0.2, -0.15) is 0 Å². The maximum Gasteiger partial charge on any atom is 0.207 e. The molecule has 1 aromatic heterocycles. The third kappa shape index (κ3) is 1.31. The molecule has 5 heteroatoms. The molecule has 0 aliphatic carbocycles. The predicted octanol–water partition coefficient (Wildman–Crippen LogP) is 1.93. The van der Waals surface area contributed by atoms with Crippen molar-refractivity contribution in [1.82, 2.24) is 10.2 Å². The summed E-state index contributed by atoms with van der Waals surface area (Å²) >= 11 is 12.1. The lowest BCUT2D eigenvalue weighted by Gasteiger charge is -1.73. The van der Waals surface area contributed by atoms with Crippen molar-refractivity contribution >= 4 is 34.5 Å². The number of nitrogens with zero attached hydrogens (tertiary/aromatic N) is 2. The molecule has 0 saturated heterocycles. The van der Waals surface area contributed by atoms with E-state index in [1.165, 1.54) is 11.3 Å². The van der Waals surface area contributed by atoms with E-state index in [-0.39, 0.29) is 0 Å². The lowest BCUT2D eigenvalue weighted by Crippen LogP contribution is -1.72. The van der Waals surface area contributed by atoms with Gasteiger partial charge >= 0.3 is 0 Å².